The molecule has 3 rings (SSSR count). The summed E-state index contributed by atoms with van der Waals surface area (Å²) in [6.07, 6.45) is 2.58. The van der Waals surface area contributed by atoms with Gasteiger partial charge in [0.05, 0.1) is 17.6 Å². The molecule has 0 aliphatic heterocycles. The van der Waals surface area contributed by atoms with Gasteiger partial charge in [0, 0.05) is 11.9 Å². The Bertz CT molecular complexity index is 802. The highest BCUT2D eigenvalue weighted by molar-refractivity contribution is 5.81. The number of para-hydroxylation sites is 1. The molecule has 0 bridgehead atoms. The van der Waals surface area contributed by atoms with Gasteiger partial charge in [0.2, 0.25) is 0 Å². The van der Waals surface area contributed by atoms with Crippen LogP contribution in [0.4, 0.5) is 0 Å². The van der Waals surface area contributed by atoms with Gasteiger partial charge in [0.1, 0.15) is 5.52 Å². The van der Waals surface area contributed by atoms with Gasteiger partial charge in [-0.15, -0.1) is 0 Å². The molecule has 5 heteroatoms. The molecule has 0 aliphatic rings. The van der Waals surface area contributed by atoms with Crippen molar-refractivity contribution < 1.29 is 0 Å². The zero-order valence-corrected chi connectivity index (χ0v) is 11.6. The number of aryl methyl sites for hydroxylation is 2. The summed E-state index contributed by atoms with van der Waals surface area (Å²) in [7, 11) is 0. The quantitative estimate of drug-likeness (QED) is 0.732. The van der Waals surface area contributed by atoms with Gasteiger partial charge < -0.3 is 0 Å². The van der Waals surface area contributed by atoms with Gasteiger partial charge in [-0.05, 0) is 25.5 Å². The summed E-state index contributed by atoms with van der Waals surface area (Å²) in [5, 5.41) is 9.51. The first-order chi connectivity index (χ1) is 9.72. The van der Waals surface area contributed by atoms with Gasteiger partial charge in [-0.3, -0.25) is 4.79 Å². The van der Waals surface area contributed by atoms with E-state index in [1.54, 1.807) is 10.9 Å². The maximum Gasteiger partial charge on any atom is 0.293 e. The molecule has 0 saturated carbocycles. The summed E-state index contributed by atoms with van der Waals surface area (Å²) in [6.45, 7) is 4.56. The van der Waals surface area contributed by atoms with Crippen LogP contribution in [0.3, 0.4) is 0 Å². The SMILES string of the molecule is CCCn1nc(C)c2cnn(-c3ccccc3)c2c1=O. The summed E-state index contributed by atoms with van der Waals surface area (Å²) in [6, 6.07) is 9.68. The normalized spacial score (nSPS) is 11.1. The zero-order chi connectivity index (χ0) is 14.1. The lowest BCUT2D eigenvalue weighted by molar-refractivity contribution is 0.566. The van der Waals surface area contributed by atoms with E-state index < -0.39 is 0 Å². The second kappa shape index (κ2) is 4.92. The highest BCUT2D eigenvalue weighted by atomic mass is 16.1. The lowest BCUT2D eigenvalue weighted by atomic mass is 10.2. The number of rotatable bonds is 3. The van der Waals surface area contributed by atoms with E-state index in [4.69, 9.17) is 0 Å². The minimum atomic E-state index is -0.0891. The third-order valence-electron chi connectivity index (χ3n) is 3.30. The molecule has 0 aliphatic carbocycles. The van der Waals surface area contributed by atoms with Gasteiger partial charge in [-0.2, -0.15) is 10.2 Å². The topological polar surface area (TPSA) is 52.7 Å². The Kier molecular flexibility index (Phi) is 3.10. The van der Waals surface area contributed by atoms with Crippen molar-refractivity contribution in [3.05, 3.63) is 52.6 Å². The average Bonchev–Trinajstić information content (AvgIpc) is 2.91. The molecule has 0 spiro atoms. The molecule has 1 aromatic carbocycles. The van der Waals surface area contributed by atoms with E-state index in [2.05, 4.69) is 10.2 Å². The van der Waals surface area contributed by atoms with Crippen molar-refractivity contribution in [1.29, 1.82) is 0 Å². The molecule has 20 heavy (non-hydrogen) atoms. The van der Waals surface area contributed by atoms with Crippen LogP contribution >= 0.6 is 0 Å². The molecule has 0 atom stereocenters. The number of benzene rings is 1. The summed E-state index contributed by atoms with van der Waals surface area (Å²) in [4.78, 5) is 12.6. The van der Waals surface area contributed by atoms with Crippen LogP contribution in [0.25, 0.3) is 16.6 Å². The lowest BCUT2D eigenvalue weighted by Crippen LogP contribution is -2.25. The predicted molar refractivity (Wildman–Crippen MR) is 78.2 cm³/mol. The third-order valence-corrected chi connectivity index (χ3v) is 3.30. The van der Waals surface area contributed by atoms with Gasteiger partial charge in [0.15, 0.2) is 0 Å². The molecule has 0 saturated heterocycles. The molecule has 5 nitrogen and oxygen atoms in total. The fourth-order valence-electron chi connectivity index (χ4n) is 2.35. The Morgan fingerprint density at radius 3 is 2.65 bits per heavy atom. The van der Waals surface area contributed by atoms with Crippen molar-refractivity contribution in [2.24, 2.45) is 0 Å². The van der Waals surface area contributed by atoms with Crippen molar-refractivity contribution in [2.75, 3.05) is 0 Å². The minimum Gasteiger partial charge on any atom is -0.265 e. The van der Waals surface area contributed by atoms with Crippen molar-refractivity contribution in [1.82, 2.24) is 19.6 Å². The van der Waals surface area contributed by atoms with Crippen LogP contribution in [0.15, 0.2) is 41.3 Å². The molecule has 0 radical (unpaired) electrons. The Morgan fingerprint density at radius 1 is 1.20 bits per heavy atom. The van der Waals surface area contributed by atoms with Crippen LogP contribution in [-0.2, 0) is 6.54 Å². The van der Waals surface area contributed by atoms with Crippen LogP contribution in [0.2, 0.25) is 0 Å². The molecule has 0 unspecified atom stereocenters. The standard InChI is InChI=1S/C15H16N4O/c1-3-9-18-15(20)14-13(11(2)17-18)10-16-19(14)12-7-5-4-6-8-12/h4-8,10H,3,9H2,1-2H3. The number of nitrogens with zero attached hydrogens (tertiary/aromatic N) is 4. The molecule has 2 heterocycles. The zero-order valence-electron chi connectivity index (χ0n) is 11.6. The first kappa shape index (κ1) is 12.6. The van der Waals surface area contributed by atoms with Crippen molar-refractivity contribution in [3.63, 3.8) is 0 Å². The molecule has 2 aromatic heterocycles. The number of aromatic nitrogens is 4. The largest absolute Gasteiger partial charge is 0.293 e. The highest BCUT2D eigenvalue weighted by Crippen LogP contribution is 2.16. The number of hydrogen-bond donors (Lipinski definition) is 0. The van der Waals surface area contributed by atoms with E-state index >= 15 is 0 Å². The molecule has 102 valence electrons. The highest BCUT2D eigenvalue weighted by Gasteiger charge is 2.14. The Morgan fingerprint density at radius 2 is 1.95 bits per heavy atom. The number of hydrogen-bond acceptors (Lipinski definition) is 3. The second-order valence-corrected chi connectivity index (χ2v) is 4.77. The van der Waals surface area contributed by atoms with Crippen molar-refractivity contribution >= 4 is 10.9 Å². The fraction of sp³-hybridized carbons (Fsp3) is 0.267. The van der Waals surface area contributed by atoms with E-state index in [9.17, 15) is 4.79 Å². The molecule has 3 aromatic rings. The van der Waals surface area contributed by atoms with Gasteiger partial charge >= 0.3 is 0 Å². The van der Waals surface area contributed by atoms with E-state index in [1.165, 1.54) is 4.68 Å². The maximum absolute atomic E-state index is 12.6. The maximum atomic E-state index is 12.6. The van der Waals surface area contributed by atoms with Crippen LogP contribution in [0.1, 0.15) is 19.0 Å². The fourth-order valence-corrected chi connectivity index (χ4v) is 2.35. The first-order valence-electron chi connectivity index (χ1n) is 6.73. The minimum absolute atomic E-state index is 0.0891. The molecule has 0 fully saturated rings. The summed E-state index contributed by atoms with van der Waals surface area (Å²) >= 11 is 0. The van der Waals surface area contributed by atoms with Crippen LogP contribution < -0.4 is 5.56 Å². The summed E-state index contributed by atoms with van der Waals surface area (Å²) in [5.41, 5.74) is 2.22. The second-order valence-electron chi connectivity index (χ2n) is 4.77. The lowest BCUT2D eigenvalue weighted by Gasteiger charge is -2.07. The van der Waals surface area contributed by atoms with Crippen molar-refractivity contribution in [3.8, 4) is 5.69 Å². The Hall–Kier alpha value is -2.43. The monoisotopic (exact) mass is 268 g/mol. The van der Waals surface area contributed by atoms with E-state index in [1.807, 2.05) is 44.2 Å². The third kappa shape index (κ3) is 1.91. The summed E-state index contributed by atoms with van der Waals surface area (Å²) < 4.78 is 3.22. The van der Waals surface area contributed by atoms with E-state index in [0.717, 1.165) is 23.2 Å². The smallest absolute Gasteiger partial charge is 0.265 e. The van der Waals surface area contributed by atoms with Crippen LogP contribution in [0.5, 0.6) is 0 Å². The van der Waals surface area contributed by atoms with Gasteiger partial charge in [0.25, 0.3) is 5.56 Å². The van der Waals surface area contributed by atoms with Crippen LogP contribution in [-0.4, -0.2) is 19.6 Å². The van der Waals surface area contributed by atoms with E-state index in [-0.39, 0.29) is 5.56 Å². The summed E-state index contributed by atoms with van der Waals surface area (Å²) in [5.74, 6) is 0. The van der Waals surface area contributed by atoms with Crippen molar-refractivity contribution in [2.45, 2.75) is 26.8 Å². The van der Waals surface area contributed by atoms with Gasteiger partial charge in [-0.1, -0.05) is 25.1 Å². The molecule has 0 amide bonds. The predicted octanol–water partition coefficient (Wildman–Crippen LogP) is 2.30. The number of fused-ring (bicyclic) bond motifs is 1. The van der Waals surface area contributed by atoms with E-state index in [0.29, 0.717) is 12.1 Å². The van der Waals surface area contributed by atoms with Crippen LogP contribution in [0, 0.1) is 6.92 Å². The Balaban J connectivity index is 2.33. The molecular formula is C15H16N4O. The average molecular weight is 268 g/mol. The van der Waals surface area contributed by atoms with Gasteiger partial charge in [-0.25, -0.2) is 9.36 Å². The molecular weight excluding hydrogens is 252 g/mol. The Labute approximate surface area is 116 Å². The first-order valence-corrected chi connectivity index (χ1v) is 6.73. The molecule has 0 N–H and O–H groups in total.